The predicted octanol–water partition coefficient (Wildman–Crippen LogP) is 2.63. The first-order chi connectivity index (χ1) is 6.17. The predicted molar refractivity (Wildman–Crippen MR) is 56.3 cm³/mol. The van der Waals surface area contributed by atoms with E-state index in [2.05, 4.69) is 19.9 Å². The Kier molecular flexibility index (Phi) is 6.29. The molecule has 76 valence electrons. The van der Waals surface area contributed by atoms with Crippen molar-refractivity contribution in [2.45, 2.75) is 46.5 Å². The zero-order valence-electron chi connectivity index (χ0n) is 8.97. The maximum Gasteiger partial charge on any atom is 0.224 e. The zero-order valence-corrected chi connectivity index (χ0v) is 8.97. The molecule has 1 amide bonds. The van der Waals surface area contributed by atoms with Gasteiger partial charge in [-0.1, -0.05) is 38.8 Å². The maximum atomic E-state index is 11.1. The minimum Gasteiger partial charge on any atom is -0.369 e. The van der Waals surface area contributed by atoms with E-state index in [1.807, 2.05) is 6.92 Å². The van der Waals surface area contributed by atoms with Crippen molar-refractivity contribution >= 4 is 5.91 Å². The van der Waals surface area contributed by atoms with Gasteiger partial charge < -0.3 is 5.73 Å². The third-order valence-corrected chi connectivity index (χ3v) is 2.20. The van der Waals surface area contributed by atoms with E-state index in [-0.39, 0.29) is 11.8 Å². The quantitative estimate of drug-likeness (QED) is 0.632. The summed E-state index contributed by atoms with van der Waals surface area (Å²) in [5.74, 6) is -0.226. The van der Waals surface area contributed by atoms with Crippen LogP contribution in [0, 0.1) is 5.92 Å². The molecular formula is C11H21NO. The summed E-state index contributed by atoms with van der Waals surface area (Å²) in [6.07, 6.45) is 6.02. The van der Waals surface area contributed by atoms with E-state index in [4.69, 9.17) is 5.73 Å². The summed E-state index contributed by atoms with van der Waals surface area (Å²) in [5, 5.41) is 0. The topological polar surface area (TPSA) is 43.1 Å². The SMILES string of the molecule is CCC=C(CCC)C(CC)C(N)=O. The highest BCUT2D eigenvalue weighted by atomic mass is 16.1. The Morgan fingerprint density at radius 2 is 2.00 bits per heavy atom. The van der Waals surface area contributed by atoms with Crippen LogP contribution in [-0.4, -0.2) is 5.91 Å². The lowest BCUT2D eigenvalue weighted by molar-refractivity contribution is -0.120. The standard InChI is InChI=1S/C11H21NO/c1-4-7-9(8-5-2)10(6-3)11(12)13/h7,10H,4-6,8H2,1-3H3,(H2,12,13). The third-order valence-electron chi connectivity index (χ3n) is 2.20. The summed E-state index contributed by atoms with van der Waals surface area (Å²) in [6.45, 7) is 6.22. The lowest BCUT2D eigenvalue weighted by atomic mass is 9.91. The summed E-state index contributed by atoms with van der Waals surface area (Å²) in [4.78, 5) is 11.1. The van der Waals surface area contributed by atoms with Gasteiger partial charge in [-0.2, -0.15) is 0 Å². The van der Waals surface area contributed by atoms with Gasteiger partial charge in [0.25, 0.3) is 0 Å². The van der Waals surface area contributed by atoms with Crippen molar-refractivity contribution in [3.63, 3.8) is 0 Å². The second-order valence-electron chi connectivity index (χ2n) is 3.30. The smallest absolute Gasteiger partial charge is 0.224 e. The summed E-state index contributed by atoms with van der Waals surface area (Å²) in [5.41, 5.74) is 6.55. The van der Waals surface area contributed by atoms with Gasteiger partial charge in [-0.25, -0.2) is 0 Å². The highest BCUT2D eigenvalue weighted by Crippen LogP contribution is 2.20. The van der Waals surface area contributed by atoms with Crippen molar-refractivity contribution in [2.75, 3.05) is 0 Å². The summed E-state index contributed by atoms with van der Waals surface area (Å²) < 4.78 is 0. The molecule has 2 N–H and O–H groups in total. The Labute approximate surface area is 81.2 Å². The molecule has 0 aliphatic rings. The van der Waals surface area contributed by atoms with Crippen molar-refractivity contribution in [3.8, 4) is 0 Å². The van der Waals surface area contributed by atoms with Crippen LogP contribution in [0.5, 0.6) is 0 Å². The molecule has 0 aliphatic carbocycles. The van der Waals surface area contributed by atoms with Crippen LogP contribution >= 0.6 is 0 Å². The van der Waals surface area contributed by atoms with Gasteiger partial charge in [0.1, 0.15) is 0 Å². The minimum absolute atomic E-state index is 0.0418. The monoisotopic (exact) mass is 183 g/mol. The molecule has 0 heterocycles. The molecule has 0 fully saturated rings. The molecule has 0 rings (SSSR count). The second-order valence-corrected chi connectivity index (χ2v) is 3.30. The highest BCUT2D eigenvalue weighted by Gasteiger charge is 2.16. The number of nitrogens with two attached hydrogens (primary N) is 1. The molecule has 0 spiro atoms. The van der Waals surface area contributed by atoms with Crippen LogP contribution in [0.3, 0.4) is 0 Å². The molecule has 0 bridgehead atoms. The van der Waals surface area contributed by atoms with Gasteiger partial charge >= 0.3 is 0 Å². The van der Waals surface area contributed by atoms with Gasteiger partial charge in [0.2, 0.25) is 5.91 Å². The van der Waals surface area contributed by atoms with Crippen molar-refractivity contribution in [3.05, 3.63) is 11.6 Å². The van der Waals surface area contributed by atoms with Crippen LogP contribution in [0.2, 0.25) is 0 Å². The van der Waals surface area contributed by atoms with E-state index in [9.17, 15) is 4.79 Å². The molecular weight excluding hydrogens is 162 g/mol. The number of amides is 1. The molecule has 2 nitrogen and oxygen atoms in total. The van der Waals surface area contributed by atoms with Crippen LogP contribution in [0.1, 0.15) is 46.5 Å². The fourth-order valence-corrected chi connectivity index (χ4v) is 1.62. The Morgan fingerprint density at radius 1 is 1.38 bits per heavy atom. The Bertz CT molecular complexity index is 185. The van der Waals surface area contributed by atoms with E-state index >= 15 is 0 Å². The summed E-state index contributed by atoms with van der Waals surface area (Å²) in [6, 6.07) is 0. The molecule has 0 saturated heterocycles. The van der Waals surface area contributed by atoms with Gasteiger partial charge in [-0.15, -0.1) is 0 Å². The molecule has 0 aromatic carbocycles. The van der Waals surface area contributed by atoms with E-state index in [1.54, 1.807) is 0 Å². The van der Waals surface area contributed by atoms with Crippen LogP contribution in [-0.2, 0) is 4.79 Å². The third kappa shape index (κ3) is 4.11. The fourth-order valence-electron chi connectivity index (χ4n) is 1.62. The van der Waals surface area contributed by atoms with E-state index in [0.29, 0.717) is 0 Å². The van der Waals surface area contributed by atoms with Gasteiger partial charge in [-0.05, 0) is 19.3 Å². The number of primary amides is 1. The van der Waals surface area contributed by atoms with Crippen LogP contribution < -0.4 is 5.73 Å². The molecule has 1 unspecified atom stereocenters. The van der Waals surface area contributed by atoms with Crippen molar-refractivity contribution < 1.29 is 4.79 Å². The number of carbonyl (C=O) groups is 1. The number of hydrogen-bond acceptors (Lipinski definition) is 1. The maximum absolute atomic E-state index is 11.1. The average Bonchev–Trinajstić information content (AvgIpc) is 2.05. The first-order valence-electron chi connectivity index (χ1n) is 5.15. The zero-order chi connectivity index (χ0) is 10.3. The Balaban J connectivity index is 4.48. The molecule has 0 aromatic rings. The number of allylic oxidation sites excluding steroid dienone is 1. The molecule has 2 heteroatoms. The van der Waals surface area contributed by atoms with Crippen LogP contribution in [0.25, 0.3) is 0 Å². The van der Waals surface area contributed by atoms with Crippen LogP contribution in [0.4, 0.5) is 0 Å². The normalized spacial score (nSPS) is 14.2. The molecule has 0 radical (unpaired) electrons. The average molecular weight is 183 g/mol. The summed E-state index contributed by atoms with van der Waals surface area (Å²) in [7, 11) is 0. The number of carbonyl (C=O) groups excluding carboxylic acids is 1. The Hall–Kier alpha value is -0.790. The molecule has 13 heavy (non-hydrogen) atoms. The highest BCUT2D eigenvalue weighted by molar-refractivity contribution is 5.79. The van der Waals surface area contributed by atoms with E-state index < -0.39 is 0 Å². The van der Waals surface area contributed by atoms with Crippen molar-refractivity contribution in [1.82, 2.24) is 0 Å². The lowest BCUT2D eigenvalue weighted by Gasteiger charge is -2.14. The van der Waals surface area contributed by atoms with Crippen LogP contribution in [0.15, 0.2) is 11.6 Å². The number of hydrogen-bond donors (Lipinski definition) is 1. The van der Waals surface area contributed by atoms with Gasteiger partial charge in [0, 0.05) is 0 Å². The Morgan fingerprint density at radius 3 is 2.31 bits per heavy atom. The van der Waals surface area contributed by atoms with E-state index in [0.717, 1.165) is 25.7 Å². The van der Waals surface area contributed by atoms with E-state index in [1.165, 1.54) is 5.57 Å². The van der Waals surface area contributed by atoms with Gasteiger partial charge in [0.15, 0.2) is 0 Å². The largest absolute Gasteiger partial charge is 0.369 e. The molecule has 0 aliphatic heterocycles. The van der Waals surface area contributed by atoms with Crippen molar-refractivity contribution in [2.24, 2.45) is 11.7 Å². The minimum atomic E-state index is -0.185. The molecule has 1 atom stereocenters. The van der Waals surface area contributed by atoms with Gasteiger partial charge in [0.05, 0.1) is 5.92 Å². The second kappa shape index (κ2) is 6.70. The molecule has 0 aromatic heterocycles. The van der Waals surface area contributed by atoms with Gasteiger partial charge in [-0.3, -0.25) is 4.79 Å². The molecule has 0 saturated carbocycles. The summed E-state index contributed by atoms with van der Waals surface area (Å²) >= 11 is 0. The number of rotatable bonds is 6. The first-order valence-corrected chi connectivity index (χ1v) is 5.15. The fraction of sp³-hybridized carbons (Fsp3) is 0.727. The van der Waals surface area contributed by atoms with Crippen molar-refractivity contribution in [1.29, 1.82) is 0 Å². The first kappa shape index (κ1) is 12.2. The lowest BCUT2D eigenvalue weighted by Crippen LogP contribution is -2.24.